The number of nitrogens with zero attached hydrogens (tertiary/aromatic N) is 1. The summed E-state index contributed by atoms with van der Waals surface area (Å²) in [7, 11) is -3.72. The van der Waals surface area contributed by atoms with Gasteiger partial charge in [-0.15, -0.1) is 0 Å². The quantitative estimate of drug-likeness (QED) is 0.446. The molecule has 2 atom stereocenters. The van der Waals surface area contributed by atoms with Gasteiger partial charge in [0.25, 0.3) is 0 Å². The molecule has 1 amide bonds. The maximum Gasteiger partial charge on any atom is 0.246 e. The summed E-state index contributed by atoms with van der Waals surface area (Å²) in [6.07, 6.45) is 2.47. The highest BCUT2D eigenvalue weighted by molar-refractivity contribution is 7.92. The van der Waals surface area contributed by atoms with E-state index in [1.807, 2.05) is 4.90 Å². The van der Waals surface area contributed by atoms with E-state index in [4.69, 9.17) is 21.5 Å². The topological polar surface area (TPSA) is 95.9 Å². The molecule has 1 aliphatic rings. The van der Waals surface area contributed by atoms with Gasteiger partial charge >= 0.3 is 0 Å². The summed E-state index contributed by atoms with van der Waals surface area (Å²) in [6, 6.07) is 13.1. The van der Waals surface area contributed by atoms with Crippen LogP contribution in [0.2, 0.25) is 5.02 Å². The highest BCUT2D eigenvalue weighted by atomic mass is 35.5. The molecule has 1 fully saturated rings. The summed E-state index contributed by atoms with van der Waals surface area (Å²) < 4.78 is 32.6. The molecule has 1 heterocycles. The predicted molar refractivity (Wildman–Crippen MR) is 118 cm³/mol. The van der Waals surface area contributed by atoms with E-state index in [9.17, 15) is 13.2 Å². The van der Waals surface area contributed by atoms with E-state index < -0.39 is 27.0 Å². The summed E-state index contributed by atoms with van der Waals surface area (Å²) in [5, 5.41) is 8.76. The van der Waals surface area contributed by atoms with Crippen molar-refractivity contribution in [3.05, 3.63) is 53.6 Å². The lowest BCUT2D eigenvalue weighted by Crippen LogP contribution is -2.50. The highest BCUT2D eigenvalue weighted by Crippen LogP contribution is 2.32. The third-order valence-corrected chi connectivity index (χ3v) is 7.89. The molecule has 0 radical (unpaired) electrons. The number of amides is 1. The first-order valence-electron chi connectivity index (χ1n) is 10.3. The van der Waals surface area contributed by atoms with Crippen molar-refractivity contribution >= 4 is 27.3 Å². The lowest BCUT2D eigenvalue weighted by atomic mass is 9.96. The summed E-state index contributed by atoms with van der Waals surface area (Å²) in [4.78, 5) is 14.0. The Morgan fingerprint density at radius 1 is 1.16 bits per heavy atom. The molecule has 0 saturated carbocycles. The summed E-state index contributed by atoms with van der Waals surface area (Å²) in [5.74, 6) is 0.0124. The molecule has 0 aromatic heterocycles. The molecule has 0 aliphatic carbocycles. The Morgan fingerprint density at radius 2 is 1.77 bits per heavy atom. The molecule has 2 unspecified atom stereocenters. The smallest absolute Gasteiger partial charge is 0.246 e. The van der Waals surface area contributed by atoms with Crippen molar-refractivity contribution in [1.82, 2.24) is 10.4 Å². The van der Waals surface area contributed by atoms with Gasteiger partial charge in [-0.1, -0.05) is 24.9 Å². The minimum absolute atomic E-state index is 0.140. The number of piperidine rings is 1. The van der Waals surface area contributed by atoms with Gasteiger partial charge in [0.05, 0.1) is 4.90 Å². The van der Waals surface area contributed by atoms with Crippen molar-refractivity contribution in [3.8, 4) is 11.5 Å². The van der Waals surface area contributed by atoms with Gasteiger partial charge in [-0.2, -0.15) is 0 Å². The Balaban J connectivity index is 1.80. The SMILES string of the molecule is CCCCN1CCC(C(=O)NO)CC1S(=O)(=O)c1ccc(Oc2ccc(Cl)cc2)cc1. The van der Waals surface area contributed by atoms with Crippen LogP contribution < -0.4 is 10.2 Å². The number of rotatable bonds is 8. The molecule has 7 nitrogen and oxygen atoms in total. The van der Waals surface area contributed by atoms with Gasteiger partial charge in [-0.3, -0.25) is 14.9 Å². The normalized spacial score (nSPS) is 19.7. The number of likely N-dealkylation sites (tertiary alicyclic amines) is 1. The zero-order chi connectivity index (χ0) is 22.4. The van der Waals surface area contributed by atoms with E-state index in [1.54, 1.807) is 41.9 Å². The Labute approximate surface area is 187 Å². The number of carbonyl (C=O) groups is 1. The molecular formula is C22H27ClN2O5S. The van der Waals surface area contributed by atoms with Crippen molar-refractivity contribution < 1.29 is 23.2 Å². The summed E-state index contributed by atoms with van der Waals surface area (Å²) >= 11 is 5.88. The maximum absolute atomic E-state index is 13.4. The first-order valence-corrected chi connectivity index (χ1v) is 12.2. The van der Waals surface area contributed by atoms with E-state index in [-0.39, 0.29) is 11.3 Å². The first-order chi connectivity index (χ1) is 14.8. The number of hydrogen-bond donors (Lipinski definition) is 2. The van der Waals surface area contributed by atoms with Crippen molar-refractivity contribution in [2.24, 2.45) is 5.92 Å². The standard InChI is InChI=1S/C22H27ClN2O5S/c1-2-3-13-25-14-12-16(22(26)24-27)15-21(25)31(28,29)20-10-8-19(9-11-20)30-18-6-4-17(23)5-7-18/h4-11,16,21,27H,2-3,12-15H2,1H3,(H,24,26). The van der Waals surface area contributed by atoms with Gasteiger partial charge in [-0.25, -0.2) is 13.9 Å². The number of benzene rings is 2. The van der Waals surface area contributed by atoms with Crippen molar-refractivity contribution in [1.29, 1.82) is 0 Å². The van der Waals surface area contributed by atoms with E-state index in [0.717, 1.165) is 12.8 Å². The van der Waals surface area contributed by atoms with Crippen LogP contribution in [-0.4, -0.2) is 42.9 Å². The number of hydroxylamine groups is 1. The molecule has 2 aromatic rings. The number of carbonyl (C=O) groups excluding carboxylic acids is 1. The highest BCUT2D eigenvalue weighted by Gasteiger charge is 2.40. The molecule has 2 aromatic carbocycles. The molecule has 0 bridgehead atoms. The Kier molecular flexibility index (Phi) is 7.94. The number of hydrogen-bond acceptors (Lipinski definition) is 6. The Bertz CT molecular complexity index is 980. The zero-order valence-corrected chi connectivity index (χ0v) is 18.9. The maximum atomic E-state index is 13.4. The van der Waals surface area contributed by atoms with Crippen LogP contribution in [0.5, 0.6) is 11.5 Å². The molecule has 3 rings (SSSR count). The molecule has 1 saturated heterocycles. The van der Waals surface area contributed by atoms with Crippen LogP contribution in [0.3, 0.4) is 0 Å². The van der Waals surface area contributed by atoms with Crippen LogP contribution in [0.4, 0.5) is 0 Å². The summed E-state index contributed by atoms with van der Waals surface area (Å²) in [5.41, 5.74) is 1.66. The van der Waals surface area contributed by atoms with Gasteiger partial charge < -0.3 is 4.74 Å². The second-order valence-electron chi connectivity index (χ2n) is 7.61. The Hall–Kier alpha value is -2.13. The molecular weight excluding hydrogens is 440 g/mol. The second-order valence-corrected chi connectivity index (χ2v) is 10.2. The van der Waals surface area contributed by atoms with Crippen LogP contribution in [0.1, 0.15) is 32.6 Å². The van der Waals surface area contributed by atoms with Crippen molar-refractivity contribution in [2.75, 3.05) is 13.1 Å². The van der Waals surface area contributed by atoms with Crippen LogP contribution in [0, 0.1) is 5.92 Å². The fraction of sp³-hybridized carbons (Fsp3) is 0.409. The number of unbranched alkanes of at least 4 members (excludes halogenated alkanes) is 1. The van der Waals surface area contributed by atoms with E-state index in [0.29, 0.717) is 36.0 Å². The van der Waals surface area contributed by atoms with Gasteiger partial charge in [0.1, 0.15) is 16.9 Å². The van der Waals surface area contributed by atoms with Crippen molar-refractivity contribution in [2.45, 2.75) is 42.9 Å². The fourth-order valence-electron chi connectivity index (χ4n) is 3.74. The molecule has 31 heavy (non-hydrogen) atoms. The molecule has 0 spiro atoms. The third kappa shape index (κ3) is 5.77. The second kappa shape index (κ2) is 10.5. The van der Waals surface area contributed by atoms with Crippen LogP contribution in [0.15, 0.2) is 53.4 Å². The zero-order valence-electron chi connectivity index (χ0n) is 17.3. The average molecular weight is 467 g/mol. The van der Waals surface area contributed by atoms with Gasteiger partial charge in [0.15, 0.2) is 9.84 Å². The molecule has 168 valence electrons. The van der Waals surface area contributed by atoms with Gasteiger partial charge in [0, 0.05) is 17.5 Å². The number of sulfone groups is 1. The molecule has 2 N–H and O–H groups in total. The van der Waals surface area contributed by atoms with Gasteiger partial charge in [0.2, 0.25) is 5.91 Å². The van der Waals surface area contributed by atoms with Crippen LogP contribution in [-0.2, 0) is 14.6 Å². The van der Waals surface area contributed by atoms with E-state index in [2.05, 4.69) is 6.92 Å². The summed E-state index contributed by atoms with van der Waals surface area (Å²) in [6.45, 7) is 3.18. The first kappa shape index (κ1) is 23.5. The fourth-order valence-corrected chi connectivity index (χ4v) is 5.78. The number of halogens is 1. The van der Waals surface area contributed by atoms with E-state index >= 15 is 0 Å². The molecule has 1 aliphatic heterocycles. The molecule has 9 heteroatoms. The number of nitrogens with one attached hydrogen (secondary N) is 1. The minimum atomic E-state index is -3.72. The third-order valence-electron chi connectivity index (χ3n) is 5.50. The van der Waals surface area contributed by atoms with Gasteiger partial charge in [-0.05, 0) is 74.3 Å². The van der Waals surface area contributed by atoms with Crippen LogP contribution in [0.25, 0.3) is 0 Å². The predicted octanol–water partition coefficient (Wildman–Crippen LogP) is 4.25. The van der Waals surface area contributed by atoms with Crippen molar-refractivity contribution in [3.63, 3.8) is 0 Å². The van der Waals surface area contributed by atoms with Crippen LogP contribution >= 0.6 is 11.6 Å². The largest absolute Gasteiger partial charge is 0.457 e. The lowest BCUT2D eigenvalue weighted by molar-refractivity contribution is -0.135. The van der Waals surface area contributed by atoms with E-state index in [1.165, 1.54) is 12.1 Å². The minimum Gasteiger partial charge on any atom is -0.457 e. The number of ether oxygens (including phenoxy) is 1. The Morgan fingerprint density at radius 3 is 2.35 bits per heavy atom. The lowest BCUT2D eigenvalue weighted by Gasteiger charge is -2.38. The monoisotopic (exact) mass is 466 g/mol. The average Bonchev–Trinajstić information content (AvgIpc) is 2.79.